The molecule has 7 heterocycles. The fourth-order valence-corrected chi connectivity index (χ4v) is 7.82. The van der Waals surface area contributed by atoms with Crippen LogP contribution in [0.2, 0.25) is 0 Å². The normalized spacial score (nSPS) is 23.9. The molecule has 1 saturated carbocycles. The average molecular weight is 607 g/mol. The number of anilines is 1. The van der Waals surface area contributed by atoms with Gasteiger partial charge in [0.2, 0.25) is 5.88 Å². The standard InChI is InChI=1S/C34H38N8O3/c1-44-32-7-2-23(17-37-32)20-40-11-10-39(22-34(40)8-9-34)31-6-3-24(18-36-31)28-15-27(21-42-33(28)25(16-35)19-38-42)45-13-12-41-26-4-5-29(41)30(43)14-26/h2-3,6-7,15,17-19,21,26,29-30,43H,4-5,8-14,20,22H2,1H3. The van der Waals surface area contributed by atoms with Gasteiger partial charge < -0.3 is 19.5 Å². The van der Waals surface area contributed by atoms with E-state index in [1.807, 2.05) is 30.7 Å². The predicted octanol–water partition coefficient (Wildman–Crippen LogP) is 3.50. The van der Waals surface area contributed by atoms with Crippen molar-refractivity contribution in [2.45, 2.75) is 62.4 Å². The SMILES string of the molecule is COc1ccc(CN2CCN(c3ccc(-c4cc(OCCN5C6CCC5C(O)C6)cn5ncc(C#N)c45)cn3)CC23CC3)cn1. The highest BCUT2D eigenvalue weighted by atomic mass is 16.5. The van der Waals surface area contributed by atoms with Gasteiger partial charge in [-0.1, -0.05) is 6.07 Å². The lowest BCUT2D eigenvalue weighted by Gasteiger charge is -2.42. The maximum absolute atomic E-state index is 10.3. The zero-order chi connectivity index (χ0) is 30.5. The van der Waals surface area contributed by atoms with Gasteiger partial charge in [0.1, 0.15) is 24.2 Å². The Morgan fingerprint density at radius 1 is 1.09 bits per heavy atom. The Hall–Kier alpha value is -4.24. The molecule has 0 aromatic carbocycles. The van der Waals surface area contributed by atoms with E-state index >= 15 is 0 Å². The molecule has 45 heavy (non-hydrogen) atoms. The zero-order valence-electron chi connectivity index (χ0n) is 25.5. The van der Waals surface area contributed by atoms with E-state index in [0.717, 1.165) is 74.4 Å². The van der Waals surface area contributed by atoms with Crippen LogP contribution >= 0.6 is 0 Å². The molecule has 232 valence electrons. The van der Waals surface area contributed by atoms with Crippen LogP contribution < -0.4 is 14.4 Å². The average Bonchev–Trinajstić information content (AvgIpc) is 3.39. The first-order valence-electron chi connectivity index (χ1n) is 16.0. The van der Waals surface area contributed by atoms with Crippen LogP contribution in [0.4, 0.5) is 5.82 Å². The van der Waals surface area contributed by atoms with E-state index in [9.17, 15) is 10.4 Å². The van der Waals surface area contributed by atoms with Crippen LogP contribution in [-0.2, 0) is 6.54 Å². The number of pyridine rings is 3. The number of nitriles is 1. The Kier molecular flexibility index (Phi) is 7.08. The third-order valence-electron chi connectivity index (χ3n) is 10.4. The molecule has 1 N–H and O–H groups in total. The molecule has 4 aliphatic rings. The van der Waals surface area contributed by atoms with Gasteiger partial charge in [0.15, 0.2) is 0 Å². The number of hydrogen-bond donors (Lipinski definition) is 1. The van der Waals surface area contributed by atoms with E-state index in [4.69, 9.17) is 14.5 Å². The van der Waals surface area contributed by atoms with Crippen molar-refractivity contribution < 1.29 is 14.6 Å². The highest BCUT2D eigenvalue weighted by molar-refractivity contribution is 5.85. The van der Waals surface area contributed by atoms with Crippen molar-refractivity contribution in [3.8, 4) is 28.8 Å². The molecule has 3 unspecified atom stereocenters. The number of ether oxygens (including phenoxy) is 2. The summed E-state index contributed by atoms with van der Waals surface area (Å²) >= 11 is 0. The van der Waals surface area contributed by atoms with Crippen LogP contribution in [0.1, 0.15) is 43.2 Å². The predicted molar refractivity (Wildman–Crippen MR) is 168 cm³/mol. The Balaban J connectivity index is 0.978. The summed E-state index contributed by atoms with van der Waals surface area (Å²) in [7, 11) is 1.64. The molecule has 4 aromatic heterocycles. The number of fused-ring (bicyclic) bond motifs is 3. The summed E-state index contributed by atoms with van der Waals surface area (Å²) in [5, 5.41) is 24.6. The second-order valence-corrected chi connectivity index (χ2v) is 12.9. The minimum absolute atomic E-state index is 0.183. The van der Waals surface area contributed by atoms with Gasteiger partial charge in [-0.15, -0.1) is 0 Å². The molecule has 4 fully saturated rings. The highest BCUT2D eigenvalue weighted by Crippen LogP contribution is 2.46. The number of aliphatic hydroxyl groups is 1. The van der Waals surface area contributed by atoms with Crippen molar-refractivity contribution in [1.29, 1.82) is 5.26 Å². The van der Waals surface area contributed by atoms with Gasteiger partial charge in [0, 0.05) is 79.9 Å². The first kappa shape index (κ1) is 28.2. The van der Waals surface area contributed by atoms with Gasteiger partial charge in [-0.25, -0.2) is 14.5 Å². The lowest BCUT2D eigenvalue weighted by atomic mass is 9.98. The van der Waals surface area contributed by atoms with Gasteiger partial charge in [-0.05, 0) is 55.9 Å². The summed E-state index contributed by atoms with van der Waals surface area (Å²) in [6, 6.07) is 13.2. The van der Waals surface area contributed by atoms with E-state index in [2.05, 4.69) is 49.1 Å². The van der Waals surface area contributed by atoms with E-state index in [0.29, 0.717) is 29.8 Å². The van der Waals surface area contributed by atoms with Crippen LogP contribution in [0.15, 0.2) is 55.1 Å². The maximum Gasteiger partial charge on any atom is 0.212 e. The topological polar surface area (TPSA) is 115 Å². The quantitative estimate of drug-likeness (QED) is 0.304. The van der Waals surface area contributed by atoms with Crippen molar-refractivity contribution in [2.75, 3.05) is 44.8 Å². The summed E-state index contributed by atoms with van der Waals surface area (Å²) < 4.78 is 13.2. The number of aromatic nitrogens is 4. The van der Waals surface area contributed by atoms with E-state index in [1.165, 1.54) is 18.4 Å². The van der Waals surface area contributed by atoms with Crippen LogP contribution in [0, 0.1) is 11.3 Å². The van der Waals surface area contributed by atoms with Gasteiger partial charge in [0.25, 0.3) is 0 Å². The lowest BCUT2D eigenvalue weighted by Crippen LogP contribution is -2.54. The smallest absolute Gasteiger partial charge is 0.212 e. The van der Waals surface area contributed by atoms with Crippen molar-refractivity contribution in [1.82, 2.24) is 29.4 Å². The first-order valence-corrected chi connectivity index (χ1v) is 16.0. The Morgan fingerprint density at radius 3 is 2.69 bits per heavy atom. The van der Waals surface area contributed by atoms with Crippen molar-refractivity contribution in [2.24, 2.45) is 0 Å². The molecule has 3 saturated heterocycles. The zero-order valence-corrected chi connectivity index (χ0v) is 25.5. The molecule has 11 nitrogen and oxygen atoms in total. The molecule has 1 aliphatic carbocycles. The molecule has 1 spiro atoms. The van der Waals surface area contributed by atoms with Crippen molar-refractivity contribution >= 4 is 11.3 Å². The summed E-state index contributed by atoms with van der Waals surface area (Å²) in [5.41, 5.74) is 4.44. The Morgan fingerprint density at radius 2 is 2.00 bits per heavy atom. The number of hydrogen-bond acceptors (Lipinski definition) is 10. The number of nitrogens with zero attached hydrogens (tertiary/aromatic N) is 8. The van der Waals surface area contributed by atoms with Gasteiger partial charge in [-0.3, -0.25) is 9.80 Å². The second kappa shape index (κ2) is 11.3. The molecule has 11 heteroatoms. The molecule has 8 rings (SSSR count). The molecular weight excluding hydrogens is 568 g/mol. The second-order valence-electron chi connectivity index (χ2n) is 12.9. The molecule has 3 atom stereocenters. The van der Waals surface area contributed by atoms with Crippen LogP contribution in [-0.4, -0.2) is 98.1 Å². The number of rotatable bonds is 9. The van der Waals surface area contributed by atoms with Crippen LogP contribution in [0.25, 0.3) is 16.6 Å². The van der Waals surface area contributed by atoms with Crippen molar-refractivity contribution in [3.05, 3.63) is 66.2 Å². The molecular formula is C34H38N8O3. The van der Waals surface area contributed by atoms with Gasteiger partial charge in [-0.2, -0.15) is 10.4 Å². The Bertz CT molecular complexity index is 1730. The molecule has 0 radical (unpaired) electrons. The van der Waals surface area contributed by atoms with E-state index < -0.39 is 0 Å². The third-order valence-corrected chi connectivity index (χ3v) is 10.4. The fourth-order valence-electron chi connectivity index (χ4n) is 7.82. The monoisotopic (exact) mass is 606 g/mol. The molecule has 2 bridgehead atoms. The number of piperazine rings is 1. The summed E-state index contributed by atoms with van der Waals surface area (Å²) in [4.78, 5) is 16.7. The lowest BCUT2D eigenvalue weighted by molar-refractivity contribution is 0.114. The largest absolute Gasteiger partial charge is 0.491 e. The summed E-state index contributed by atoms with van der Waals surface area (Å²) in [5.74, 6) is 2.30. The third kappa shape index (κ3) is 5.17. The van der Waals surface area contributed by atoms with Crippen molar-refractivity contribution in [3.63, 3.8) is 0 Å². The Labute approximate surface area is 262 Å². The van der Waals surface area contributed by atoms with E-state index in [-0.39, 0.29) is 17.7 Å². The number of methoxy groups -OCH3 is 1. The molecule has 4 aromatic rings. The summed E-state index contributed by atoms with van der Waals surface area (Å²) in [6.45, 7) is 5.02. The first-order chi connectivity index (χ1) is 22.0. The van der Waals surface area contributed by atoms with Gasteiger partial charge >= 0.3 is 0 Å². The highest BCUT2D eigenvalue weighted by Gasteiger charge is 2.51. The minimum atomic E-state index is -0.216. The maximum atomic E-state index is 10.3. The molecule has 3 aliphatic heterocycles. The number of aliphatic hydroxyl groups excluding tert-OH is 1. The summed E-state index contributed by atoms with van der Waals surface area (Å²) in [6.07, 6.45) is 12.5. The molecule has 0 amide bonds. The minimum Gasteiger partial charge on any atom is -0.491 e. The van der Waals surface area contributed by atoms with E-state index in [1.54, 1.807) is 17.8 Å². The van der Waals surface area contributed by atoms with Crippen LogP contribution in [0.3, 0.4) is 0 Å². The fraction of sp³-hybridized carbons (Fsp3) is 0.471. The van der Waals surface area contributed by atoms with Crippen LogP contribution in [0.5, 0.6) is 11.6 Å². The van der Waals surface area contributed by atoms with Gasteiger partial charge in [0.05, 0.1) is 36.7 Å².